The number of aryl methyl sites for hydroxylation is 1. The van der Waals surface area contributed by atoms with E-state index in [9.17, 15) is 9.59 Å². The second-order valence-electron chi connectivity index (χ2n) is 5.75. The number of benzene rings is 2. The van der Waals surface area contributed by atoms with Crippen molar-refractivity contribution in [3.8, 4) is 17.2 Å². The summed E-state index contributed by atoms with van der Waals surface area (Å²) in [7, 11) is 1.51. The van der Waals surface area contributed by atoms with E-state index in [1.54, 1.807) is 36.4 Å². The van der Waals surface area contributed by atoms with Crippen LogP contribution >= 0.6 is 0 Å². The van der Waals surface area contributed by atoms with Crippen molar-refractivity contribution in [2.75, 3.05) is 25.6 Å². The quantitative estimate of drug-likeness (QED) is 0.826. The largest absolute Gasteiger partial charge is 0.493 e. The summed E-state index contributed by atoms with van der Waals surface area (Å²) in [5.41, 5.74) is 1.90. The van der Waals surface area contributed by atoms with Gasteiger partial charge in [0.25, 0.3) is 5.91 Å². The van der Waals surface area contributed by atoms with Crippen LogP contribution in [-0.2, 0) is 11.2 Å². The third-order valence-electron chi connectivity index (χ3n) is 3.93. The molecule has 2 N–H and O–H groups in total. The first-order valence-corrected chi connectivity index (χ1v) is 8.16. The number of nitrogens with one attached hydrogen (secondary N) is 1. The molecular weight excluding hydrogens is 338 g/mol. The molecule has 0 radical (unpaired) electrons. The highest BCUT2D eigenvalue weighted by Crippen LogP contribution is 2.40. The number of carboxylic acid groups (broad SMARTS) is 1. The molecular formula is C19H19NO6. The second-order valence-corrected chi connectivity index (χ2v) is 5.75. The summed E-state index contributed by atoms with van der Waals surface area (Å²) < 4.78 is 16.3. The molecule has 0 fully saturated rings. The lowest BCUT2D eigenvalue weighted by molar-refractivity contribution is -0.136. The van der Waals surface area contributed by atoms with Crippen LogP contribution in [-0.4, -0.2) is 37.3 Å². The molecule has 7 heteroatoms. The molecule has 2 aromatic carbocycles. The van der Waals surface area contributed by atoms with Gasteiger partial charge in [-0.3, -0.25) is 9.59 Å². The Morgan fingerprint density at radius 2 is 1.88 bits per heavy atom. The van der Waals surface area contributed by atoms with E-state index in [4.69, 9.17) is 19.3 Å². The van der Waals surface area contributed by atoms with Crippen LogP contribution in [0.1, 0.15) is 22.3 Å². The van der Waals surface area contributed by atoms with Crippen LogP contribution < -0.4 is 19.5 Å². The van der Waals surface area contributed by atoms with Gasteiger partial charge in [-0.15, -0.1) is 0 Å². The van der Waals surface area contributed by atoms with Crippen molar-refractivity contribution >= 4 is 17.6 Å². The lowest BCUT2D eigenvalue weighted by Crippen LogP contribution is -2.18. The number of carbonyl (C=O) groups is 2. The van der Waals surface area contributed by atoms with Gasteiger partial charge in [0.15, 0.2) is 11.5 Å². The molecule has 1 aliphatic rings. The predicted octanol–water partition coefficient (Wildman–Crippen LogP) is 2.74. The van der Waals surface area contributed by atoms with Gasteiger partial charge in [0.05, 0.1) is 7.11 Å². The maximum Gasteiger partial charge on any atom is 0.303 e. The molecule has 7 nitrogen and oxygen atoms in total. The summed E-state index contributed by atoms with van der Waals surface area (Å²) in [4.78, 5) is 23.1. The standard InChI is InChI=1S/C19H19NO6/c1-24-15-10-13(11-16-18(15)26-9-8-25-16)19(23)20-14-5-2-12(3-6-14)4-7-17(21)22/h2-3,5-6,10-11H,4,7-9H2,1H3,(H,20,23)(H,21,22). The van der Waals surface area contributed by atoms with Gasteiger partial charge in [-0.2, -0.15) is 0 Å². The Morgan fingerprint density at radius 1 is 1.15 bits per heavy atom. The molecule has 136 valence electrons. The molecule has 0 saturated carbocycles. The second kappa shape index (κ2) is 7.77. The molecule has 1 heterocycles. The smallest absolute Gasteiger partial charge is 0.303 e. The molecule has 0 unspecified atom stereocenters. The molecule has 0 atom stereocenters. The number of hydrogen-bond donors (Lipinski definition) is 2. The zero-order chi connectivity index (χ0) is 18.5. The molecule has 1 aliphatic heterocycles. The number of carboxylic acids is 1. The number of carbonyl (C=O) groups excluding carboxylic acids is 1. The van der Waals surface area contributed by atoms with E-state index in [0.29, 0.717) is 48.1 Å². The minimum atomic E-state index is -0.838. The number of anilines is 1. The molecule has 0 aromatic heterocycles. The first-order chi connectivity index (χ1) is 12.6. The SMILES string of the molecule is COc1cc(C(=O)Nc2ccc(CCC(=O)O)cc2)cc2c1OCCO2. The fourth-order valence-electron chi connectivity index (χ4n) is 2.61. The molecule has 0 bridgehead atoms. The lowest BCUT2D eigenvalue weighted by atomic mass is 10.1. The first-order valence-electron chi connectivity index (χ1n) is 8.16. The first kappa shape index (κ1) is 17.6. The Bertz CT molecular complexity index is 798. The van der Waals surface area contributed by atoms with E-state index < -0.39 is 5.97 Å². The topological polar surface area (TPSA) is 94.1 Å². The Balaban J connectivity index is 1.72. The predicted molar refractivity (Wildman–Crippen MR) is 94.3 cm³/mol. The summed E-state index contributed by atoms with van der Waals surface area (Å²) in [6, 6.07) is 10.3. The molecule has 0 spiro atoms. The van der Waals surface area contributed by atoms with Gasteiger partial charge in [-0.1, -0.05) is 12.1 Å². The highest BCUT2D eigenvalue weighted by Gasteiger charge is 2.21. The van der Waals surface area contributed by atoms with E-state index in [-0.39, 0.29) is 12.3 Å². The maximum atomic E-state index is 12.5. The van der Waals surface area contributed by atoms with Gasteiger partial charge in [0.1, 0.15) is 13.2 Å². The minimum Gasteiger partial charge on any atom is -0.493 e. The fraction of sp³-hybridized carbons (Fsp3) is 0.263. The summed E-state index contributed by atoms with van der Waals surface area (Å²) >= 11 is 0. The van der Waals surface area contributed by atoms with Gasteiger partial charge < -0.3 is 24.6 Å². The monoisotopic (exact) mass is 357 g/mol. The van der Waals surface area contributed by atoms with Crippen LogP contribution in [0.15, 0.2) is 36.4 Å². The number of fused-ring (bicyclic) bond motifs is 1. The molecule has 0 aliphatic carbocycles. The zero-order valence-electron chi connectivity index (χ0n) is 14.3. The number of aliphatic carboxylic acids is 1. The Hall–Kier alpha value is -3.22. The van der Waals surface area contributed by atoms with Crippen molar-refractivity contribution in [2.24, 2.45) is 0 Å². The van der Waals surface area contributed by atoms with E-state index >= 15 is 0 Å². The number of ether oxygens (including phenoxy) is 3. The Morgan fingerprint density at radius 3 is 2.58 bits per heavy atom. The van der Waals surface area contributed by atoms with E-state index in [0.717, 1.165) is 5.56 Å². The lowest BCUT2D eigenvalue weighted by Gasteiger charge is -2.21. The van der Waals surface area contributed by atoms with Crippen molar-refractivity contribution in [1.29, 1.82) is 0 Å². The average molecular weight is 357 g/mol. The summed E-state index contributed by atoms with van der Waals surface area (Å²) in [6.07, 6.45) is 0.519. The van der Waals surface area contributed by atoms with Crippen molar-refractivity contribution in [1.82, 2.24) is 0 Å². The Labute approximate surface area is 150 Å². The minimum absolute atomic E-state index is 0.0721. The highest BCUT2D eigenvalue weighted by atomic mass is 16.6. The van der Waals surface area contributed by atoms with Gasteiger partial charge >= 0.3 is 5.97 Å². The number of methoxy groups -OCH3 is 1. The average Bonchev–Trinajstić information content (AvgIpc) is 2.66. The normalized spacial score (nSPS) is 12.3. The Kier molecular flexibility index (Phi) is 5.26. The van der Waals surface area contributed by atoms with Crippen LogP contribution in [0.4, 0.5) is 5.69 Å². The summed E-state index contributed by atoms with van der Waals surface area (Å²) in [5, 5.41) is 11.5. The van der Waals surface area contributed by atoms with Crippen LogP contribution in [0.2, 0.25) is 0 Å². The van der Waals surface area contributed by atoms with E-state index in [1.165, 1.54) is 7.11 Å². The van der Waals surface area contributed by atoms with Gasteiger partial charge in [0, 0.05) is 17.7 Å². The zero-order valence-corrected chi connectivity index (χ0v) is 14.3. The molecule has 3 rings (SSSR count). The van der Waals surface area contributed by atoms with Crippen LogP contribution in [0.5, 0.6) is 17.2 Å². The molecule has 1 amide bonds. The molecule has 0 saturated heterocycles. The molecule has 2 aromatic rings. The van der Waals surface area contributed by atoms with Gasteiger partial charge in [-0.25, -0.2) is 0 Å². The van der Waals surface area contributed by atoms with Crippen LogP contribution in [0, 0.1) is 0 Å². The third-order valence-corrected chi connectivity index (χ3v) is 3.93. The highest BCUT2D eigenvalue weighted by molar-refractivity contribution is 6.05. The fourth-order valence-corrected chi connectivity index (χ4v) is 2.61. The number of hydrogen-bond acceptors (Lipinski definition) is 5. The van der Waals surface area contributed by atoms with Crippen LogP contribution in [0.25, 0.3) is 0 Å². The van der Waals surface area contributed by atoms with E-state index in [2.05, 4.69) is 5.32 Å². The van der Waals surface area contributed by atoms with Crippen molar-refractivity contribution in [3.05, 3.63) is 47.5 Å². The summed E-state index contributed by atoms with van der Waals surface area (Å²) in [5.74, 6) is 0.271. The van der Waals surface area contributed by atoms with Gasteiger partial charge in [0.2, 0.25) is 5.75 Å². The summed E-state index contributed by atoms with van der Waals surface area (Å²) in [6.45, 7) is 0.849. The van der Waals surface area contributed by atoms with Crippen LogP contribution in [0.3, 0.4) is 0 Å². The number of amides is 1. The van der Waals surface area contributed by atoms with Crippen molar-refractivity contribution in [2.45, 2.75) is 12.8 Å². The maximum absolute atomic E-state index is 12.5. The third kappa shape index (κ3) is 4.05. The van der Waals surface area contributed by atoms with E-state index in [1.807, 2.05) is 0 Å². The van der Waals surface area contributed by atoms with Crippen molar-refractivity contribution < 1.29 is 28.9 Å². The van der Waals surface area contributed by atoms with Crippen molar-refractivity contribution in [3.63, 3.8) is 0 Å². The number of rotatable bonds is 6. The molecule has 26 heavy (non-hydrogen) atoms. The van der Waals surface area contributed by atoms with Gasteiger partial charge in [-0.05, 0) is 36.2 Å².